The highest BCUT2D eigenvalue weighted by Gasteiger charge is 2.15. The predicted octanol–water partition coefficient (Wildman–Crippen LogP) is 8.30. The van der Waals surface area contributed by atoms with E-state index in [-0.39, 0.29) is 12.7 Å². The number of ether oxygens (including phenoxy) is 2. The molecule has 0 spiro atoms. The highest BCUT2D eigenvalue weighted by atomic mass is 32.2. The van der Waals surface area contributed by atoms with Gasteiger partial charge in [0.25, 0.3) is 5.91 Å². The largest absolute Gasteiger partial charge is 0.454 e. The van der Waals surface area contributed by atoms with E-state index in [9.17, 15) is 4.79 Å². The van der Waals surface area contributed by atoms with E-state index in [0.717, 1.165) is 60.4 Å². The molecule has 6 nitrogen and oxygen atoms in total. The van der Waals surface area contributed by atoms with E-state index in [4.69, 9.17) is 9.47 Å². The number of nitrogens with zero attached hydrogens (tertiary/aromatic N) is 1. The van der Waals surface area contributed by atoms with Gasteiger partial charge in [0.1, 0.15) is 0 Å². The van der Waals surface area contributed by atoms with Crippen LogP contribution in [0.4, 0.5) is 5.69 Å². The summed E-state index contributed by atoms with van der Waals surface area (Å²) in [6.45, 7) is 3.63. The molecule has 0 unspecified atom stereocenters. The Labute approximate surface area is 279 Å². The zero-order valence-electron chi connectivity index (χ0n) is 25.6. The van der Waals surface area contributed by atoms with Crippen molar-refractivity contribution < 1.29 is 14.3 Å². The van der Waals surface area contributed by atoms with Crippen LogP contribution in [0.25, 0.3) is 0 Å². The van der Waals surface area contributed by atoms with Crippen molar-refractivity contribution in [3.63, 3.8) is 0 Å². The zero-order chi connectivity index (χ0) is 31.4. The van der Waals surface area contributed by atoms with E-state index >= 15 is 0 Å². The van der Waals surface area contributed by atoms with Crippen LogP contribution in [0, 0.1) is 0 Å². The van der Waals surface area contributed by atoms with Gasteiger partial charge in [-0.1, -0.05) is 72.8 Å². The maximum absolute atomic E-state index is 12.9. The lowest BCUT2D eigenvalue weighted by molar-refractivity contribution is 0.0984. The summed E-state index contributed by atoms with van der Waals surface area (Å²) in [5.41, 5.74) is 5.26. The Balaban J connectivity index is 1.02. The molecule has 0 aliphatic carbocycles. The maximum atomic E-state index is 12.9. The quantitative estimate of drug-likeness (QED) is 0.0876. The normalized spacial score (nSPS) is 11.8. The summed E-state index contributed by atoms with van der Waals surface area (Å²) in [5, 5.41) is 3.43. The summed E-state index contributed by atoms with van der Waals surface area (Å²) in [7, 11) is 0. The number of amides is 1. The van der Waals surface area contributed by atoms with Gasteiger partial charge in [0, 0.05) is 53.0 Å². The standard InChI is InChI=1S/C38H37N3O3S2/c42-38(32-10-7-11-33(25-32)39-21-20-29-8-3-1-4-9-29)40-46-35-17-14-30(15-18-35)26-41(22-23-45-34-12-5-2-6-13-34)27-31-16-19-36-37(24-31)44-28-43-36/h1-19,24-25,39H,20-23,26-28H2,(H,40,42). The van der Waals surface area contributed by atoms with Crippen molar-refractivity contribution in [3.05, 3.63) is 150 Å². The van der Waals surface area contributed by atoms with Crippen molar-refractivity contribution in [2.75, 3.05) is 31.0 Å². The lowest BCUT2D eigenvalue weighted by Gasteiger charge is -2.23. The minimum absolute atomic E-state index is 0.119. The van der Waals surface area contributed by atoms with Gasteiger partial charge >= 0.3 is 0 Å². The van der Waals surface area contributed by atoms with Gasteiger partial charge in [0.15, 0.2) is 11.5 Å². The van der Waals surface area contributed by atoms with Gasteiger partial charge < -0.3 is 14.8 Å². The minimum atomic E-state index is -0.119. The van der Waals surface area contributed by atoms with Crippen LogP contribution in [-0.2, 0) is 19.5 Å². The second-order valence-electron chi connectivity index (χ2n) is 11.0. The Morgan fingerprint density at radius 2 is 1.43 bits per heavy atom. The third-order valence-electron chi connectivity index (χ3n) is 7.56. The van der Waals surface area contributed by atoms with Gasteiger partial charge in [-0.2, -0.15) is 0 Å². The lowest BCUT2D eigenvalue weighted by atomic mass is 10.1. The van der Waals surface area contributed by atoms with Gasteiger partial charge in [-0.3, -0.25) is 14.4 Å². The molecule has 46 heavy (non-hydrogen) atoms. The highest BCUT2D eigenvalue weighted by Crippen LogP contribution is 2.33. The van der Waals surface area contributed by atoms with Crippen LogP contribution < -0.4 is 19.5 Å². The van der Waals surface area contributed by atoms with Crippen molar-refractivity contribution >= 4 is 35.3 Å². The summed E-state index contributed by atoms with van der Waals surface area (Å²) in [4.78, 5) is 17.7. The molecule has 1 heterocycles. The molecule has 0 saturated heterocycles. The van der Waals surface area contributed by atoms with E-state index < -0.39 is 0 Å². The van der Waals surface area contributed by atoms with Crippen molar-refractivity contribution in [1.29, 1.82) is 0 Å². The van der Waals surface area contributed by atoms with Crippen LogP contribution in [0.3, 0.4) is 0 Å². The number of hydrogen-bond donors (Lipinski definition) is 2. The third-order valence-corrected chi connectivity index (χ3v) is 9.35. The van der Waals surface area contributed by atoms with Crippen LogP contribution >= 0.6 is 23.7 Å². The molecule has 5 aromatic rings. The summed E-state index contributed by atoms with van der Waals surface area (Å²) in [6.07, 6.45) is 0.923. The first kappa shape index (κ1) is 31.6. The van der Waals surface area contributed by atoms with Crippen molar-refractivity contribution in [2.24, 2.45) is 0 Å². The number of thioether (sulfide) groups is 1. The number of benzene rings is 5. The molecule has 0 atom stereocenters. The Morgan fingerprint density at radius 1 is 0.696 bits per heavy atom. The van der Waals surface area contributed by atoms with Crippen LogP contribution in [0.1, 0.15) is 27.0 Å². The molecule has 0 aromatic heterocycles. The smallest absolute Gasteiger partial charge is 0.261 e. The average molecular weight is 648 g/mol. The molecule has 8 heteroatoms. The van der Waals surface area contributed by atoms with Gasteiger partial charge in [0.2, 0.25) is 6.79 Å². The molecule has 0 bridgehead atoms. The number of nitrogens with one attached hydrogen (secondary N) is 2. The Bertz CT molecular complexity index is 1700. The summed E-state index contributed by atoms with van der Waals surface area (Å²) in [6, 6.07) is 43.1. The maximum Gasteiger partial charge on any atom is 0.261 e. The number of hydrogen-bond acceptors (Lipinski definition) is 7. The fourth-order valence-corrected chi connectivity index (χ4v) is 6.71. The fourth-order valence-electron chi connectivity index (χ4n) is 5.17. The Hall–Kier alpha value is -4.37. The number of anilines is 1. The first-order valence-electron chi connectivity index (χ1n) is 15.4. The van der Waals surface area contributed by atoms with E-state index in [2.05, 4.69) is 99.9 Å². The Kier molecular flexibility index (Phi) is 11.2. The van der Waals surface area contributed by atoms with Crippen LogP contribution in [0.15, 0.2) is 137 Å². The highest BCUT2D eigenvalue weighted by molar-refractivity contribution is 7.99. The summed E-state index contributed by atoms with van der Waals surface area (Å²) >= 11 is 3.20. The van der Waals surface area contributed by atoms with E-state index in [1.165, 1.54) is 33.5 Å². The van der Waals surface area contributed by atoms with Crippen molar-refractivity contribution in [3.8, 4) is 11.5 Å². The molecule has 0 fully saturated rings. The van der Waals surface area contributed by atoms with E-state index in [1.54, 1.807) is 0 Å². The molecule has 5 aromatic carbocycles. The number of carbonyl (C=O) groups is 1. The van der Waals surface area contributed by atoms with Crippen LogP contribution in [0.2, 0.25) is 0 Å². The molecule has 2 N–H and O–H groups in total. The summed E-state index contributed by atoms with van der Waals surface area (Å²) in [5.74, 6) is 2.48. The number of rotatable bonds is 15. The molecule has 1 aliphatic heterocycles. The Morgan fingerprint density at radius 3 is 2.26 bits per heavy atom. The fraction of sp³-hybridized carbons (Fsp3) is 0.184. The number of carbonyl (C=O) groups excluding carboxylic acids is 1. The number of fused-ring (bicyclic) bond motifs is 1. The molecular formula is C38H37N3O3S2. The van der Waals surface area contributed by atoms with Crippen molar-refractivity contribution in [1.82, 2.24) is 9.62 Å². The van der Waals surface area contributed by atoms with E-state index in [1.807, 2.05) is 54.2 Å². The zero-order valence-corrected chi connectivity index (χ0v) is 27.2. The van der Waals surface area contributed by atoms with Gasteiger partial charge in [0.05, 0.1) is 0 Å². The monoisotopic (exact) mass is 647 g/mol. The average Bonchev–Trinajstić information content (AvgIpc) is 3.57. The minimum Gasteiger partial charge on any atom is -0.454 e. The first-order chi connectivity index (χ1) is 22.7. The van der Waals surface area contributed by atoms with Crippen LogP contribution in [-0.4, -0.2) is 36.4 Å². The van der Waals surface area contributed by atoms with Gasteiger partial charge in [-0.15, -0.1) is 11.8 Å². The topological polar surface area (TPSA) is 62.8 Å². The molecular weight excluding hydrogens is 611 g/mol. The van der Waals surface area contributed by atoms with Crippen LogP contribution in [0.5, 0.6) is 11.5 Å². The first-order valence-corrected chi connectivity index (χ1v) is 17.2. The van der Waals surface area contributed by atoms with E-state index in [0.29, 0.717) is 5.56 Å². The van der Waals surface area contributed by atoms with Gasteiger partial charge in [-0.05, 0) is 89.7 Å². The lowest BCUT2D eigenvalue weighted by Crippen LogP contribution is -2.25. The second kappa shape index (κ2) is 16.3. The SMILES string of the molecule is O=C(NSc1ccc(CN(CCSc2ccccc2)Cc2ccc3c(c2)OCO3)cc1)c1cccc(NCCc2ccccc2)c1. The van der Waals surface area contributed by atoms with Crippen molar-refractivity contribution in [2.45, 2.75) is 29.3 Å². The summed E-state index contributed by atoms with van der Waals surface area (Å²) < 4.78 is 14.1. The molecule has 234 valence electrons. The predicted molar refractivity (Wildman–Crippen MR) is 189 cm³/mol. The molecule has 0 radical (unpaired) electrons. The third kappa shape index (κ3) is 9.33. The molecule has 6 rings (SSSR count). The van der Waals surface area contributed by atoms with Gasteiger partial charge in [-0.25, -0.2) is 0 Å². The molecule has 1 amide bonds. The molecule has 0 saturated carbocycles. The molecule has 1 aliphatic rings. The second-order valence-corrected chi connectivity index (χ2v) is 13.0.